The summed E-state index contributed by atoms with van der Waals surface area (Å²) in [7, 11) is 0. The number of aliphatic carboxylic acids is 1. The van der Waals surface area contributed by atoms with Crippen LogP contribution in [0.4, 0.5) is 0 Å². The summed E-state index contributed by atoms with van der Waals surface area (Å²) in [5, 5.41) is 8.73. The number of hydrogen-bond acceptors (Lipinski definition) is 5. The van der Waals surface area contributed by atoms with E-state index in [1.54, 1.807) is 23.1 Å². The van der Waals surface area contributed by atoms with Gasteiger partial charge >= 0.3 is 5.97 Å². The maximum Gasteiger partial charge on any atom is 0.341 e. The number of ether oxygens (including phenoxy) is 3. The van der Waals surface area contributed by atoms with Crippen molar-refractivity contribution in [3.8, 4) is 11.5 Å². The molecule has 1 aliphatic heterocycles. The third kappa shape index (κ3) is 4.61. The first-order valence-electron chi connectivity index (χ1n) is 8.03. The fraction of sp³-hybridized carbons (Fsp3) is 0.529. The molecular formula is C17H23NO6. The van der Waals surface area contributed by atoms with E-state index in [9.17, 15) is 9.59 Å². The van der Waals surface area contributed by atoms with Crippen LogP contribution in [0.15, 0.2) is 18.2 Å². The maximum absolute atomic E-state index is 12.8. The van der Waals surface area contributed by atoms with E-state index < -0.39 is 12.6 Å². The minimum absolute atomic E-state index is 0.0958. The molecule has 0 saturated carbocycles. The quantitative estimate of drug-likeness (QED) is 0.852. The van der Waals surface area contributed by atoms with Gasteiger partial charge in [0.1, 0.15) is 0 Å². The average Bonchev–Trinajstić information content (AvgIpc) is 2.77. The highest BCUT2D eigenvalue weighted by atomic mass is 16.5. The Morgan fingerprint density at radius 1 is 1.29 bits per heavy atom. The Labute approximate surface area is 141 Å². The van der Waals surface area contributed by atoms with E-state index in [1.807, 2.05) is 13.8 Å². The van der Waals surface area contributed by atoms with Gasteiger partial charge in [-0.25, -0.2) is 4.79 Å². The Hall–Kier alpha value is -2.28. The van der Waals surface area contributed by atoms with Gasteiger partial charge in [-0.15, -0.1) is 0 Å². The third-order valence-corrected chi connectivity index (χ3v) is 3.79. The Balaban J connectivity index is 2.21. The molecule has 0 radical (unpaired) electrons. The second kappa shape index (κ2) is 8.54. The lowest BCUT2D eigenvalue weighted by Crippen LogP contribution is -2.39. The SMILES string of the molecule is CCOc1cc(C(=O)N2CCOCCC2C)ccc1OCC(=O)O. The van der Waals surface area contributed by atoms with Crippen molar-refractivity contribution >= 4 is 11.9 Å². The topological polar surface area (TPSA) is 85.3 Å². The van der Waals surface area contributed by atoms with E-state index in [4.69, 9.17) is 19.3 Å². The van der Waals surface area contributed by atoms with E-state index in [2.05, 4.69) is 0 Å². The Bertz CT molecular complexity index is 588. The minimum atomic E-state index is -1.07. The van der Waals surface area contributed by atoms with Gasteiger partial charge in [0, 0.05) is 24.8 Å². The van der Waals surface area contributed by atoms with Crippen molar-refractivity contribution in [2.45, 2.75) is 26.3 Å². The number of benzene rings is 1. The normalized spacial score (nSPS) is 17.9. The molecule has 24 heavy (non-hydrogen) atoms. The largest absolute Gasteiger partial charge is 0.490 e. The van der Waals surface area contributed by atoms with Crippen molar-refractivity contribution in [3.05, 3.63) is 23.8 Å². The number of rotatable bonds is 6. The van der Waals surface area contributed by atoms with Gasteiger partial charge in [0.25, 0.3) is 5.91 Å². The average molecular weight is 337 g/mol. The Morgan fingerprint density at radius 3 is 2.79 bits per heavy atom. The van der Waals surface area contributed by atoms with Crippen LogP contribution in [0.25, 0.3) is 0 Å². The van der Waals surface area contributed by atoms with Crippen molar-refractivity contribution in [1.29, 1.82) is 0 Å². The summed E-state index contributed by atoms with van der Waals surface area (Å²) in [6.07, 6.45) is 0.795. The first-order chi connectivity index (χ1) is 11.5. The molecule has 2 rings (SSSR count). The zero-order valence-corrected chi connectivity index (χ0v) is 14.0. The van der Waals surface area contributed by atoms with Gasteiger partial charge in [-0.3, -0.25) is 4.79 Å². The zero-order valence-electron chi connectivity index (χ0n) is 14.0. The smallest absolute Gasteiger partial charge is 0.341 e. The summed E-state index contributed by atoms with van der Waals surface area (Å²) >= 11 is 0. The van der Waals surface area contributed by atoms with Crippen LogP contribution in [0.1, 0.15) is 30.6 Å². The molecule has 0 bridgehead atoms. The lowest BCUT2D eigenvalue weighted by Gasteiger charge is -2.26. The number of carboxylic acid groups (broad SMARTS) is 1. The molecule has 1 heterocycles. The van der Waals surface area contributed by atoms with E-state index in [0.29, 0.717) is 43.4 Å². The highest BCUT2D eigenvalue weighted by molar-refractivity contribution is 5.95. The van der Waals surface area contributed by atoms with Crippen LogP contribution in [0.3, 0.4) is 0 Å². The summed E-state index contributed by atoms with van der Waals surface area (Å²) < 4.78 is 16.1. The number of carbonyl (C=O) groups excluding carboxylic acids is 1. The first kappa shape index (κ1) is 18.1. The zero-order chi connectivity index (χ0) is 17.5. The van der Waals surface area contributed by atoms with Gasteiger partial charge in [-0.1, -0.05) is 0 Å². The van der Waals surface area contributed by atoms with Crippen molar-refractivity contribution in [3.63, 3.8) is 0 Å². The lowest BCUT2D eigenvalue weighted by molar-refractivity contribution is -0.139. The van der Waals surface area contributed by atoms with Crippen LogP contribution >= 0.6 is 0 Å². The molecule has 1 aromatic rings. The fourth-order valence-corrected chi connectivity index (χ4v) is 2.53. The first-order valence-corrected chi connectivity index (χ1v) is 8.03. The number of hydrogen-bond donors (Lipinski definition) is 1. The predicted octanol–water partition coefficient (Wildman–Crippen LogP) is 1.80. The summed E-state index contributed by atoms with van der Waals surface area (Å²) in [6, 6.07) is 4.89. The number of amides is 1. The minimum Gasteiger partial charge on any atom is -0.490 e. The van der Waals surface area contributed by atoms with Crippen molar-refractivity contribution in [2.75, 3.05) is 33.0 Å². The number of nitrogens with zero attached hydrogens (tertiary/aromatic N) is 1. The number of carbonyl (C=O) groups is 2. The fourth-order valence-electron chi connectivity index (χ4n) is 2.53. The van der Waals surface area contributed by atoms with Gasteiger partial charge in [0.15, 0.2) is 18.1 Å². The van der Waals surface area contributed by atoms with Crippen molar-refractivity contribution < 1.29 is 28.9 Å². The molecule has 0 spiro atoms. The van der Waals surface area contributed by atoms with Gasteiger partial charge < -0.3 is 24.2 Å². The summed E-state index contributed by atoms with van der Waals surface area (Å²) in [4.78, 5) is 25.2. The third-order valence-electron chi connectivity index (χ3n) is 3.79. The molecule has 7 heteroatoms. The highest BCUT2D eigenvalue weighted by Gasteiger charge is 2.24. The van der Waals surface area contributed by atoms with Crippen LogP contribution in [0, 0.1) is 0 Å². The molecule has 1 aromatic carbocycles. The molecule has 1 fully saturated rings. The van der Waals surface area contributed by atoms with E-state index in [0.717, 1.165) is 6.42 Å². The van der Waals surface area contributed by atoms with Crippen LogP contribution in [0.5, 0.6) is 11.5 Å². The molecular weight excluding hydrogens is 314 g/mol. The van der Waals surface area contributed by atoms with Gasteiger partial charge in [-0.2, -0.15) is 0 Å². The Morgan fingerprint density at radius 2 is 2.08 bits per heavy atom. The monoisotopic (exact) mass is 337 g/mol. The summed E-state index contributed by atoms with van der Waals surface area (Å²) in [5.41, 5.74) is 0.481. The second-order valence-corrected chi connectivity index (χ2v) is 5.53. The molecule has 1 atom stereocenters. The molecule has 0 aromatic heterocycles. The Kier molecular flexibility index (Phi) is 6.43. The molecule has 0 aliphatic carbocycles. The molecule has 1 saturated heterocycles. The maximum atomic E-state index is 12.8. The van der Waals surface area contributed by atoms with Gasteiger partial charge in [-0.05, 0) is 38.5 Å². The van der Waals surface area contributed by atoms with Crippen LogP contribution in [-0.2, 0) is 9.53 Å². The van der Waals surface area contributed by atoms with E-state index >= 15 is 0 Å². The second-order valence-electron chi connectivity index (χ2n) is 5.53. The molecule has 7 nitrogen and oxygen atoms in total. The van der Waals surface area contributed by atoms with Gasteiger partial charge in [0.05, 0.1) is 13.2 Å². The van der Waals surface area contributed by atoms with Crippen LogP contribution in [0.2, 0.25) is 0 Å². The molecule has 1 N–H and O–H groups in total. The molecule has 1 amide bonds. The summed E-state index contributed by atoms with van der Waals surface area (Å²) in [6.45, 7) is 5.44. The predicted molar refractivity (Wildman–Crippen MR) is 86.7 cm³/mol. The molecule has 1 aliphatic rings. The summed E-state index contributed by atoms with van der Waals surface area (Å²) in [5.74, 6) is -0.499. The molecule has 132 valence electrons. The highest BCUT2D eigenvalue weighted by Crippen LogP contribution is 2.29. The number of carboxylic acids is 1. The van der Waals surface area contributed by atoms with Crippen LogP contribution < -0.4 is 9.47 Å². The lowest BCUT2D eigenvalue weighted by atomic mass is 10.1. The van der Waals surface area contributed by atoms with E-state index in [1.165, 1.54) is 0 Å². The van der Waals surface area contributed by atoms with Crippen molar-refractivity contribution in [1.82, 2.24) is 4.90 Å². The van der Waals surface area contributed by atoms with Crippen molar-refractivity contribution in [2.24, 2.45) is 0 Å². The van der Waals surface area contributed by atoms with Gasteiger partial charge in [0.2, 0.25) is 0 Å². The van der Waals surface area contributed by atoms with E-state index in [-0.39, 0.29) is 11.9 Å². The molecule has 1 unspecified atom stereocenters. The standard InChI is InChI=1S/C17H23NO6/c1-3-23-15-10-13(4-5-14(15)24-11-16(19)20)17(21)18-7-9-22-8-6-12(18)2/h4-5,10,12H,3,6-9,11H2,1-2H3,(H,19,20). The van der Waals surface area contributed by atoms with Crippen LogP contribution in [-0.4, -0.2) is 60.9 Å².